The zero-order valence-electron chi connectivity index (χ0n) is 11.2. The molecule has 1 aliphatic rings. The molecule has 2 aromatic heterocycles. The molecule has 0 saturated carbocycles. The lowest BCUT2D eigenvalue weighted by Crippen LogP contribution is -2.35. The quantitative estimate of drug-likeness (QED) is 0.703. The van der Waals surface area contributed by atoms with E-state index in [1.165, 1.54) is 6.33 Å². The Morgan fingerprint density at radius 3 is 3.24 bits per heavy atom. The summed E-state index contributed by atoms with van der Waals surface area (Å²) in [4.78, 5) is 26.7. The molecule has 1 aliphatic heterocycles. The second-order valence-electron chi connectivity index (χ2n) is 4.74. The van der Waals surface area contributed by atoms with Crippen LogP contribution >= 0.6 is 11.6 Å². The number of hydrogen-bond donors (Lipinski definition) is 3. The summed E-state index contributed by atoms with van der Waals surface area (Å²) in [5.74, 6) is 0.322. The Morgan fingerprint density at radius 2 is 2.43 bits per heavy atom. The first-order chi connectivity index (χ1) is 10.2. The van der Waals surface area contributed by atoms with Crippen LogP contribution in [-0.4, -0.2) is 51.6 Å². The molecule has 0 spiro atoms. The number of anilines is 1. The fourth-order valence-corrected chi connectivity index (χ4v) is 2.36. The third kappa shape index (κ3) is 3.40. The maximum absolute atomic E-state index is 11.8. The summed E-state index contributed by atoms with van der Waals surface area (Å²) in [6.45, 7) is 1.40. The molecule has 3 rings (SSSR count). The van der Waals surface area contributed by atoms with Crippen molar-refractivity contribution in [1.82, 2.24) is 25.3 Å². The van der Waals surface area contributed by atoms with Gasteiger partial charge in [0.2, 0.25) is 11.2 Å². The topological polar surface area (TPSA) is 105 Å². The normalized spacial score (nSPS) is 18.0. The van der Waals surface area contributed by atoms with E-state index in [4.69, 9.17) is 16.3 Å². The highest BCUT2D eigenvalue weighted by atomic mass is 35.5. The van der Waals surface area contributed by atoms with Crippen LogP contribution in [0.1, 0.15) is 12.8 Å². The van der Waals surface area contributed by atoms with Crippen LogP contribution in [-0.2, 0) is 9.53 Å². The van der Waals surface area contributed by atoms with Gasteiger partial charge in [-0.15, -0.1) is 0 Å². The molecule has 9 heteroatoms. The Labute approximate surface area is 125 Å². The molecule has 0 radical (unpaired) electrons. The molecule has 112 valence electrons. The van der Waals surface area contributed by atoms with Gasteiger partial charge in [-0.05, 0) is 24.4 Å². The van der Waals surface area contributed by atoms with Gasteiger partial charge in [0, 0.05) is 13.2 Å². The third-order valence-electron chi connectivity index (χ3n) is 3.23. The highest BCUT2D eigenvalue weighted by Crippen LogP contribution is 2.18. The van der Waals surface area contributed by atoms with Crippen molar-refractivity contribution in [3.05, 3.63) is 11.6 Å². The van der Waals surface area contributed by atoms with Crippen LogP contribution in [0.4, 0.5) is 5.82 Å². The van der Waals surface area contributed by atoms with Crippen LogP contribution in [0.5, 0.6) is 0 Å². The number of carbonyl (C=O) groups is 1. The van der Waals surface area contributed by atoms with Crippen molar-refractivity contribution in [3.63, 3.8) is 0 Å². The minimum absolute atomic E-state index is 0.0804. The summed E-state index contributed by atoms with van der Waals surface area (Å²) in [7, 11) is 0. The summed E-state index contributed by atoms with van der Waals surface area (Å²) < 4.78 is 5.44. The van der Waals surface area contributed by atoms with E-state index in [0.29, 0.717) is 23.5 Å². The summed E-state index contributed by atoms with van der Waals surface area (Å²) in [5, 5.41) is 5.83. The molecule has 1 amide bonds. The van der Waals surface area contributed by atoms with Gasteiger partial charge in [0.15, 0.2) is 11.5 Å². The number of imidazole rings is 1. The Hall–Kier alpha value is -1.93. The smallest absolute Gasteiger partial charge is 0.239 e. The monoisotopic (exact) mass is 310 g/mol. The minimum Gasteiger partial charge on any atom is -0.376 e. The van der Waals surface area contributed by atoms with E-state index in [1.54, 1.807) is 0 Å². The predicted molar refractivity (Wildman–Crippen MR) is 77.2 cm³/mol. The number of hydrogen-bond acceptors (Lipinski definition) is 6. The van der Waals surface area contributed by atoms with Crippen LogP contribution in [0.3, 0.4) is 0 Å². The molecule has 8 nitrogen and oxygen atoms in total. The lowest BCUT2D eigenvalue weighted by atomic mass is 10.2. The van der Waals surface area contributed by atoms with Crippen molar-refractivity contribution in [3.8, 4) is 0 Å². The second-order valence-corrected chi connectivity index (χ2v) is 5.07. The van der Waals surface area contributed by atoms with Crippen molar-refractivity contribution >= 4 is 34.5 Å². The molecular formula is C12H15ClN6O2. The largest absolute Gasteiger partial charge is 0.376 e. The molecule has 0 bridgehead atoms. The highest BCUT2D eigenvalue weighted by Gasteiger charge is 2.16. The highest BCUT2D eigenvalue weighted by molar-refractivity contribution is 6.28. The molecule has 1 unspecified atom stereocenters. The molecule has 0 aromatic carbocycles. The van der Waals surface area contributed by atoms with Crippen molar-refractivity contribution < 1.29 is 9.53 Å². The molecule has 3 heterocycles. The summed E-state index contributed by atoms with van der Waals surface area (Å²) in [5.41, 5.74) is 1.07. The van der Waals surface area contributed by atoms with Crippen molar-refractivity contribution in [2.45, 2.75) is 18.9 Å². The molecule has 1 atom stereocenters. The molecular weight excluding hydrogens is 296 g/mol. The maximum atomic E-state index is 11.8. The number of halogens is 1. The number of H-pyrrole nitrogens is 1. The average Bonchev–Trinajstić information content (AvgIpc) is 3.13. The Morgan fingerprint density at radius 1 is 1.52 bits per heavy atom. The van der Waals surface area contributed by atoms with E-state index in [2.05, 4.69) is 30.6 Å². The fourth-order valence-electron chi connectivity index (χ4n) is 2.19. The van der Waals surface area contributed by atoms with E-state index in [0.717, 1.165) is 19.4 Å². The summed E-state index contributed by atoms with van der Waals surface area (Å²) in [6.07, 6.45) is 3.67. The fraction of sp³-hybridized carbons (Fsp3) is 0.500. The lowest BCUT2D eigenvalue weighted by molar-refractivity contribution is -0.119. The number of nitrogens with one attached hydrogen (secondary N) is 3. The van der Waals surface area contributed by atoms with Crippen LogP contribution in [0.2, 0.25) is 5.28 Å². The van der Waals surface area contributed by atoms with Gasteiger partial charge in [-0.2, -0.15) is 9.97 Å². The number of aromatic amines is 1. The molecule has 1 fully saturated rings. The number of rotatable bonds is 5. The van der Waals surface area contributed by atoms with Gasteiger partial charge in [-0.1, -0.05) is 0 Å². The van der Waals surface area contributed by atoms with Gasteiger partial charge in [0.05, 0.1) is 19.0 Å². The van der Waals surface area contributed by atoms with Crippen LogP contribution < -0.4 is 10.6 Å². The van der Waals surface area contributed by atoms with Crippen molar-refractivity contribution in [2.24, 2.45) is 0 Å². The third-order valence-corrected chi connectivity index (χ3v) is 3.39. The molecule has 21 heavy (non-hydrogen) atoms. The number of ether oxygens (including phenoxy) is 1. The second kappa shape index (κ2) is 6.23. The van der Waals surface area contributed by atoms with E-state index in [-0.39, 0.29) is 23.8 Å². The van der Waals surface area contributed by atoms with Gasteiger partial charge < -0.3 is 20.4 Å². The maximum Gasteiger partial charge on any atom is 0.239 e. The lowest BCUT2D eigenvalue weighted by Gasteiger charge is -2.11. The summed E-state index contributed by atoms with van der Waals surface area (Å²) >= 11 is 5.81. The zero-order valence-corrected chi connectivity index (χ0v) is 12.0. The van der Waals surface area contributed by atoms with E-state index in [1.807, 2.05) is 0 Å². The van der Waals surface area contributed by atoms with Crippen molar-refractivity contribution in [1.29, 1.82) is 0 Å². The first kappa shape index (κ1) is 14.0. The standard InChI is InChI=1S/C12H15ClN6O2/c13-12-18-10(9-11(19-12)17-6-16-9)15-5-8(20)14-4-7-2-1-3-21-7/h6-7H,1-5H2,(H,14,20)(H2,15,16,17,18,19). The molecule has 1 saturated heterocycles. The SMILES string of the molecule is O=C(CNc1nc(Cl)nc2nc[nH]c12)NCC1CCCO1. The zero-order chi connectivity index (χ0) is 14.7. The average molecular weight is 311 g/mol. The molecule has 0 aliphatic carbocycles. The van der Waals surface area contributed by atoms with Crippen LogP contribution in [0, 0.1) is 0 Å². The predicted octanol–water partition coefficient (Wildman–Crippen LogP) is 0.713. The number of aromatic nitrogens is 4. The van der Waals surface area contributed by atoms with Crippen molar-refractivity contribution in [2.75, 3.05) is 25.0 Å². The first-order valence-electron chi connectivity index (χ1n) is 6.71. The van der Waals surface area contributed by atoms with Gasteiger partial charge in [-0.3, -0.25) is 4.79 Å². The molecule has 2 aromatic rings. The van der Waals surface area contributed by atoms with Gasteiger partial charge in [0.25, 0.3) is 0 Å². The summed E-state index contributed by atoms with van der Waals surface area (Å²) in [6, 6.07) is 0. The molecule has 3 N–H and O–H groups in total. The van der Waals surface area contributed by atoms with Crippen LogP contribution in [0.15, 0.2) is 6.33 Å². The van der Waals surface area contributed by atoms with Gasteiger partial charge >= 0.3 is 0 Å². The van der Waals surface area contributed by atoms with E-state index >= 15 is 0 Å². The Bertz CT molecular complexity index is 640. The number of nitrogens with zero attached hydrogens (tertiary/aromatic N) is 3. The number of carbonyl (C=O) groups excluding carboxylic acids is 1. The van der Waals surface area contributed by atoms with Gasteiger partial charge in [0.1, 0.15) is 5.52 Å². The van der Waals surface area contributed by atoms with E-state index < -0.39 is 0 Å². The number of fused-ring (bicyclic) bond motifs is 1. The van der Waals surface area contributed by atoms with E-state index in [9.17, 15) is 4.79 Å². The minimum atomic E-state index is -0.132. The Kier molecular flexibility index (Phi) is 4.16. The van der Waals surface area contributed by atoms with Crippen LogP contribution in [0.25, 0.3) is 11.2 Å². The van der Waals surface area contributed by atoms with Gasteiger partial charge in [-0.25, -0.2) is 4.98 Å². The first-order valence-corrected chi connectivity index (χ1v) is 7.09. The Balaban J connectivity index is 1.55. The number of amides is 1.